The van der Waals surface area contributed by atoms with Crippen LogP contribution in [-0.2, 0) is 10.0 Å². The Morgan fingerprint density at radius 3 is 2.33 bits per heavy atom. The second kappa shape index (κ2) is 6.46. The number of aromatic carboxylic acids is 1. The molecule has 5 nitrogen and oxygen atoms in total. The highest BCUT2D eigenvalue weighted by molar-refractivity contribution is 7.92. The van der Waals surface area contributed by atoms with E-state index in [4.69, 9.17) is 5.11 Å². The van der Waals surface area contributed by atoms with E-state index in [1.807, 2.05) is 0 Å². The molecule has 0 fully saturated rings. The topological polar surface area (TPSA) is 83.5 Å². The van der Waals surface area contributed by atoms with Gasteiger partial charge in [0.25, 0.3) is 10.0 Å². The van der Waals surface area contributed by atoms with Gasteiger partial charge in [-0.3, -0.25) is 4.72 Å². The van der Waals surface area contributed by atoms with E-state index in [9.17, 15) is 13.2 Å². The van der Waals surface area contributed by atoms with E-state index in [1.54, 1.807) is 42.5 Å². The molecule has 122 valence electrons. The molecule has 0 saturated carbocycles. The molecule has 7 heteroatoms. The minimum absolute atomic E-state index is 0.164. The molecule has 0 atom stereocenters. The third-order valence-corrected chi connectivity index (χ3v) is 5.68. The normalized spacial score (nSPS) is 11.2. The average Bonchev–Trinajstić information content (AvgIpc) is 3.06. The Kier molecular flexibility index (Phi) is 4.37. The lowest BCUT2D eigenvalue weighted by molar-refractivity contribution is 0.0697. The number of sulfonamides is 1. The van der Waals surface area contributed by atoms with E-state index in [0.717, 1.165) is 0 Å². The number of benzene rings is 2. The summed E-state index contributed by atoms with van der Waals surface area (Å²) in [6.45, 7) is 0. The molecule has 0 saturated heterocycles. The van der Waals surface area contributed by atoms with Crippen LogP contribution < -0.4 is 4.72 Å². The van der Waals surface area contributed by atoms with Crippen LogP contribution in [0.3, 0.4) is 0 Å². The summed E-state index contributed by atoms with van der Waals surface area (Å²) in [4.78, 5) is 11.9. The van der Waals surface area contributed by atoms with Gasteiger partial charge in [-0.15, -0.1) is 11.3 Å². The molecule has 2 aromatic carbocycles. The third kappa shape index (κ3) is 3.32. The molecular formula is C17H13NO4S2. The molecule has 0 bridgehead atoms. The largest absolute Gasteiger partial charge is 0.478 e. The van der Waals surface area contributed by atoms with Gasteiger partial charge in [-0.25, -0.2) is 13.2 Å². The minimum atomic E-state index is -3.72. The Bertz CT molecular complexity index is 979. The van der Waals surface area contributed by atoms with Gasteiger partial charge in [-0.05, 0) is 24.3 Å². The van der Waals surface area contributed by atoms with Crippen molar-refractivity contribution in [1.29, 1.82) is 0 Å². The van der Waals surface area contributed by atoms with Gasteiger partial charge in [0, 0.05) is 15.8 Å². The van der Waals surface area contributed by atoms with Crippen LogP contribution in [0.25, 0.3) is 10.4 Å². The summed E-state index contributed by atoms with van der Waals surface area (Å²) in [5.41, 5.74) is 1.21. The smallest absolute Gasteiger partial charge is 0.336 e. The number of para-hydroxylation sites is 1. The molecule has 0 aliphatic heterocycles. The maximum Gasteiger partial charge on any atom is 0.336 e. The molecule has 0 spiro atoms. The summed E-state index contributed by atoms with van der Waals surface area (Å²) >= 11 is 1.25. The lowest BCUT2D eigenvalue weighted by atomic mass is 10.1. The fraction of sp³-hybridized carbons (Fsp3) is 0. The van der Waals surface area contributed by atoms with E-state index < -0.39 is 16.0 Å². The van der Waals surface area contributed by atoms with Crippen molar-refractivity contribution in [3.63, 3.8) is 0 Å². The van der Waals surface area contributed by atoms with Crippen molar-refractivity contribution in [2.75, 3.05) is 4.72 Å². The van der Waals surface area contributed by atoms with Crippen LogP contribution in [0.15, 0.2) is 70.9 Å². The van der Waals surface area contributed by atoms with Gasteiger partial charge in [0.2, 0.25) is 0 Å². The monoisotopic (exact) mass is 359 g/mol. The highest BCUT2D eigenvalue weighted by atomic mass is 32.2. The molecule has 1 heterocycles. The lowest BCUT2D eigenvalue weighted by Crippen LogP contribution is -2.13. The first kappa shape index (κ1) is 16.2. The Morgan fingerprint density at radius 1 is 1.00 bits per heavy atom. The number of rotatable bonds is 5. The molecule has 1 aromatic heterocycles. The van der Waals surface area contributed by atoms with Crippen molar-refractivity contribution >= 4 is 33.0 Å². The summed E-state index contributed by atoms with van der Waals surface area (Å²) in [7, 11) is -3.72. The summed E-state index contributed by atoms with van der Waals surface area (Å²) in [5.74, 6) is -1.01. The van der Waals surface area contributed by atoms with Crippen LogP contribution in [0, 0.1) is 0 Å². The number of nitrogens with one attached hydrogen (secondary N) is 1. The van der Waals surface area contributed by atoms with Gasteiger partial charge in [-0.1, -0.05) is 36.4 Å². The van der Waals surface area contributed by atoms with Crippen LogP contribution in [0.1, 0.15) is 10.4 Å². The van der Waals surface area contributed by atoms with Crippen molar-refractivity contribution in [3.05, 3.63) is 71.6 Å². The fourth-order valence-electron chi connectivity index (χ4n) is 2.18. The first-order chi connectivity index (χ1) is 11.5. The van der Waals surface area contributed by atoms with Crippen LogP contribution in [-0.4, -0.2) is 19.5 Å². The number of anilines is 1. The van der Waals surface area contributed by atoms with Crippen LogP contribution in [0.5, 0.6) is 0 Å². The number of hydrogen-bond acceptors (Lipinski definition) is 4. The first-order valence-electron chi connectivity index (χ1n) is 6.96. The van der Waals surface area contributed by atoms with Crippen LogP contribution in [0.2, 0.25) is 0 Å². The molecule has 0 radical (unpaired) electrons. The fourth-order valence-corrected chi connectivity index (χ4v) is 4.20. The summed E-state index contributed by atoms with van der Waals surface area (Å²) in [6.07, 6.45) is 0. The molecule has 3 rings (SSSR count). The molecule has 0 aliphatic rings. The second-order valence-corrected chi connectivity index (χ2v) is 7.56. The Labute approximate surface area is 143 Å². The average molecular weight is 359 g/mol. The third-order valence-electron chi connectivity index (χ3n) is 3.34. The number of thiophene rings is 1. The summed E-state index contributed by atoms with van der Waals surface area (Å²) in [6, 6.07) is 16.5. The van der Waals surface area contributed by atoms with Crippen molar-refractivity contribution in [3.8, 4) is 10.4 Å². The zero-order chi connectivity index (χ0) is 17.2. The van der Waals surface area contributed by atoms with Crippen molar-refractivity contribution in [2.45, 2.75) is 4.90 Å². The summed E-state index contributed by atoms with van der Waals surface area (Å²) in [5, 5.41) is 10.6. The van der Waals surface area contributed by atoms with Crippen molar-refractivity contribution in [1.82, 2.24) is 0 Å². The quantitative estimate of drug-likeness (QED) is 0.723. The molecule has 24 heavy (non-hydrogen) atoms. The van der Waals surface area contributed by atoms with Gasteiger partial charge < -0.3 is 5.11 Å². The second-order valence-electron chi connectivity index (χ2n) is 4.97. The highest BCUT2D eigenvalue weighted by Crippen LogP contribution is 2.34. The number of carboxylic acids is 1. The highest BCUT2D eigenvalue weighted by Gasteiger charge is 2.17. The van der Waals surface area contributed by atoms with Crippen molar-refractivity contribution in [2.24, 2.45) is 0 Å². The Morgan fingerprint density at radius 2 is 1.67 bits per heavy atom. The number of carbonyl (C=O) groups is 1. The SMILES string of the molecule is O=C(O)c1csc(-c2ccccc2NS(=O)(=O)c2ccccc2)c1. The van der Waals surface area contributed by atoms with E-state index in [0.29, 0.717) is 16.1 Å². The molecule has 2 N–H and O–H groups in total. The number of carboxylic acid groups (broad SMARTS) is 1. The van der Waals surface area contributed by atoms with Gasteiger partial charge in [0.15, 0.2) is 0 Å². The van der Waals surface area contributed by atoms with Gasteiger partial charge in [0.1, 0.15) is 0 Å². The summed E-state index contributed by atoms with van der Waals surface area (Å²) < 4.78 is 27.6. The Balaban J connectivity index is 1.99. The van der Waals surface area contributed by atoms with E-state index in [1.165, 1.54) is 34.9 Å². The maximum absolute atomic E-state index is 12.5. The predicted molar refractivity (Wildman–Crippen MR) is 94.0 cm³/mol. The van der Waals surface area contributed by atoms with Gasteiger partial charge >= 0.3 is 5.97 Å². The zero-order valence-corrected chi connectivity index (χ0v) is 14.0. The predicted octanol–water partition coefficient (Wildman–Crippen LogP) is 3.91. The molecular weight excluding hydrogens is 346 g/mol. The van der Waals surface area contributed by atoms with E-state index in [-0.39, 0.29) is 10.5 Å². The van der Waals surface area contributed by atoms with E-state index in [2.05, 4.69) is 4.72 Å². The minimum Gasteiger partial charge on any atom is -0.478 e. The Hall–Kier alpha value is -2.64. The van der Waals surface area contributed by atoms with Crippen molar-refractivity contribution < 1.29 is 18.3 Å². The molecule has 0 aliphatic carbocycles. The zero-order valence-electron chi connectivity index (χ0n) is 12.3. The van der Waals surface area contributed by atoms with Crippen LogP contribution >= 0.6 is 11.3 Å². The first-order valence-corrected chi connectivity index (χ1v) is 9.33. The van der Waals surface area contributed by atoms with Crippen LogP contribution in [0.4, 0.5) is 5.69 Å². The van der Waals surface area contributed by atoms with Gasteiger partial charge in [-0.2, -0.15) is 0 Å². The molecule has 0 amide bonds. The van der Waals surface area contributed by atoms with E-state index >= 15 is 0 Å². The molecule has 0 unspecified atom stereocenters. The lowest BCUT2D eigenvalue weighted by Gasteiger charge is -2.11. The standard InChI is InChI=1S/C17H13NO4S2/c19-17(20)12-10-16(23-11-12)14-8-4-5-9-15(14)18-24(21,22)13-6-2-1-3-7-13/h1-11,18H,(H,19,20). The molecule has 3 aromatic rings. The number of hydrogen-bond donors (Lipinski definition) is 2. The van der Waals surface area contributed by atoms with Gasteiger partial charge in [0.05, 0.1) is 16.1 Å². The maximum atomic E-state index is 12.5.